The molecule has 110 valence electrons. The Kier molecular flexibility index (Phi) is 5.21. The summed E-state index contributed by atoms with van der Waals surface area (Å²) in [4.78, 5) is 10.4. The fourth-order valence-electron chi connectivity index (χ4n) is 1.96. The molecule has 0 bridgehead atoms. The number of carbonyl (C=O) groups is 1. The topological polar surface area (TPSA) is 55.8 Å². The highest BCUT2D eigenvalue weighted by Gasteiger charge is 2.02. The lowest BCUT2D eigenvalue weighted by Gasteiger charge is -2.08. The standard InChI is InChI=1S/C17H18O4/c1-20-15-9-7-13(8-10-15)14-4-2-5-16(12-14)21-11-3-6-17(18)19/h2,4-5,7-10,12H,3,6,11H2,1H3,(H,18,19). The Bertz CT molecular complexity index is 590. The highest BCUT2D eigenvalue weighted by molar-refractivity contribution is 5.66. The third-order valence-corrected chi connectivity index (χ3v) is 3.06. The van der Waals surface area contributed by atoms with Gasteiger partial charge in [0.2, 0.25) is 0 Å². The molecule has 0 heterocycles. The van der Waals surface area contributed by atoms with E-state index in [2.05, 4.69) is 0 Å². The first-order valence-corrected chi connectivity index (χ1v) is 6.78. The van der Waals surface area contributed by atoms with Gasteiger partial charge in [-0.25, -0.2) is 0 Å². The second kappa shape index (κ2) is 7.33. The molecule has 2 aromatic rings. The van der Waals surface area contributed by atoms with E-state index in [4.69, 9.17) is 14.6 Å². The number of carboxylic acid groups (broad SMARTS) is 1. The van der Waals surface area contributed by atoms with E-state index in [9.17, 15) is 4.79 Å². The van der Waals surface area contributed by atoms with E-state index < -0.39 is 5.97 Å². The number of hydrogen-bond donors (Lipinski definition) is 1. The van der Waals surface area contributed by atoms with Gasteiger partial charge >= 0.3 is 5.97 Å². The van der Waals surface area contributed by atoms with Crippen molar-refractivity contribution in [2.75, 3.05) is 13.7 Å². The van der Waals surface area contributed by atoms with Crippen LogP contribution in [0.25, 0.3) is 11.1 Å². The Labute approximate surface area is 123 Å². The van der Waals surface area contributed by atoms with Gasteiger partial charge in [-0.2, -0.15) is 0 Å². The summed E-state index contributed by atoms with van der Waals surface area (Å²) >= 11 is 0. The fraction of sp³-hybridized carbons (Fsp3) is 0.235. The van der Waals surface area contributed by atoms with Gasteiger partial charge in [0.05, 0.1) is 13.7 Å². The molecular formula is C17H18O4. The van der Waals surface area contributed by atoms with E-state index >= 15 is 0 Å². The van der Waals surface area contributed by atoms with Crippen molar-refractivity contribution >= 4 is 5.97 Å². The van der Waals surface area contributed by atoms with Crippen LogP contribution in [0.15, 0.2) is 48.5 Å². The molecule has 4 nitrogen and oxygen atoms in total. The molecule has 0 saturated heterocycles. The first-order chi connectivity index (χ1) is 10.2. The largest absolute Gasteiger partial charge is 0.497 e. The van der Waals surface area contributed by atoms with Crippen LogP contribution in [0.3, 0.4) is 0 Å². The molecule has 0 atom stereocenters. The van der Waals surface area contributed by atoms with Crippen LogP contribution in [0, 0.1) is 0 Å². The minimum Gasteiger partial charge on any atom is -0.497 e. The first kappa shape index (κ1) is 14.9. The van der Waals surface area contributed by atoms with Crippen LogP contribution in [-0.2, 0) is 4.79 Å². The van der Waals surface area contributed by atoms with Crippen LogP contribution in [0.5, 0.6) is 11.5 Å². The monoisotopic (exact) mass is 286 g/mol. The molecule has 0 fully saturated rings. The summed E-state index contributed by atoms with van der Waals surface area (Å²) in [7, 11) is 1.64. The van der Waals surface area contributed by atoms with Gasteiger partial charge in [0, 0.05) is 6.42 Å². The predicted octanol–water partition coefficient (Wildman–Crippen LogP) is 3.61. The molecule has 2 rings (SSSR count). The van der Waals surface area contributed by atoms with E-state index in [1.165, 1.54) is 0 Å². The van der Waals surface area contributed by atoms with Gasteiger partial charge in [-0.15, -0.1) is 0 Å². The smallest absolute Gasteiger partial charge is 0.303 e. The Hall–Kier alpha value is -2.49. The van der Waals surface area contributed by atoms with Crippen molar-refractivity contribution in [1.29, 1.82) is 0 Å². The molecule has 0 aliphatic rings. The van der Waals surface area contributed by atoms with Gasteiger partial charge in [0.15, 0.2) is 0 Å². The average Bonchev–Trinajstić information content (AvgIpc) is 2.52. The molecule has 0 amide bonds. The fourth-order valence-corrected chi connectivity index (χ4v) is 1.96. The summed E-state index contributed by atoms with van der Waals surface area (Å²) in [5, 5.41) is 8.58. The van der Waals surface area contributed by atoms with Crippen LogP contribution in [0.4, 0.5) is 0 Å². The third kappa shape index (κ3) is 4.53. The Morgan fingerprint density at radius 2 is 1.81 bits per heavy atom. The average molecular weight is 286 g/mol. The minimum atomic E-state index is -0.800. The molecule has 0 aliphatic heterocycles. The lowest BCUT2D eigenvalue weighted by Crippen LogP contribution is -2.02. The zero-order valence-corrected chi connectivity index (χ0v) is 11.9. The molecule has 2 aromatic carbocycles. The van der Waals surface area contributed by atoms with E-state index in [1.54, 1.807) is 7.11 Å². The molecule has 1 N–H and O–H groups in total. The minimum absolute atomic E-state index is 0.123. The third-order valence-electron chi connectivity index (χ3n) is 3.06. The number of aliphatic carboxylic acids is 1. The summed E-state index contributed by atoms with van der Waals surface area (Å²) in [6, 6.07) is 15.5. The van der Waals surface area contributed by atoms with Gasteiger partial charge in [-0.1, -0.05) is 24.3 Å². The van der Waals surface area contributed by atoms with Gasteiger partial charge in [0.1, 0.15) is 11.5 Å². The number of benzene rings is 2. The van der Waals surface area contributed by atoms with Crippen molar-refractivity contribution in [2.45, 2.75) is 12.8 Å². The number of methoxy groups -OCH3 is 1. The molecule has 0 unspecified atom stereocenters. The van der Waals surface area contributed by atoms with Crippen molar-refractivity contribution in [3.8, 4) is 22.6 Å². The predicted molar refractivity (Wildman–Crippen MR) is 80.8 cm³/mol. The second-order valence-electron chi connectivity index (χ2n) is 4.60. The number of hydrogen-bond acceptors (Lipinski definition) is 3. The Morgan fingerprint density at radius 3 is 2.48 bits per heavy atom. The molecule has 21 heavy (non-hydrogen) atoms. The maximum absolute atomic E-state index is 10.4. The molecule has 0 saturated carbocycles. The zero-order valence-electron chi connectivity index (χ0n) is 11.9. The highest BCUT2D eigenvalue weighted by atomic mass is 16.5. The molecule has 0 spiro atoms. The van der Waals surface area contributed by atoms with Crippen LogP contribution in [0.2, 0.25) is 0 Å². The van der Waals surface area contributed by atoms with Crippen LogP contribution < -0.4 is 9.47 Å². The van der Waals surface area contributed by atoms with Gasteiger partial charge in [-0.3, -0.25) is 4.79 Å². The highest BCUT2D eigenvalue weighted by Crippen LogP contribution is 2.25. The van der Waals surface area contributed by atoms with Crippen molar-refractivity contribution < 1.29 is 19.4 Å². The number of ether oxygens (including phenoxy) is 2. The summed E-state index contributed by atoms with van der Waals surface area (Å²) in [6.45, 7) is 0.401. The van der Waals surface area contributed by atoms with Gasteiger partial charge in [-0.05, 0) is 41.8 Å². The normalized spacial score (nSPS) is 10.1. The zero-order chi connectivity index (χ0) is 15.1. The van der Waals surface area contributed by atoms with Crippen LogP contribution >= 0.6 is 0 Å². The van der Waals surface area contributed by atoms with E-state index in [1.807, 2.05) is 48.5 Å². The van der Waals surface area contributed by atoms with Crippen LogP contribution in [0.1, 0.15) is 12.8 Å². The number of rotatable bonds is 7. The molecule has 0 radical (unpaired) electrons. The van der Waals surface area contributed by atoms with Crippen molar-refractivity contribution in [3.63, 3.8) is 0 Å². The van der Waals surface area contributed by atoms with Crippen molar-refractivity contribution in [1.82, 2.24) is 0 Å². The lowest BCUT2D eigenvalue weighted by atomic mass is 10.1. The molecular weight excluding hydrogens is 268 g/mol. The quantitative estimate of drug-likeness (QED) is 0.790. The Morgan fingerprint density at radius 1 is 1.05 bits per heavy atom. The molecule has 0 aromatic heterocycles. The van der Waals surface area contributed by atoms with Crippen molar-refractivity contribution in [2.24, 2.45) is 0 Å². The van der Waals surface area contributed by atoms with Crippen molar-refractivity contribution in [3.05, 3.63) is 48.5 Å². The van der Waals surface area contributed by atoms with E-state index in [-0.39, 0.29) is 6.42 Å². The second-order valence-corrected chi connectivity index (χ2v) is 4.60. The molecule has 4 heteroatoms. The SMILES string of the molecule is COc1ccc(-c2cccc(OCCCC(=O)O)c2)cc1. The lowest BCUT2D eigenvalue weighted by molar-refractivity contribution is -0.137. The van der Waals surface area contributed by atoms with Gasteiger partial charge < -0.3 is 14.6 Å². The summed E-state index contributed by atoms with van der Waals surface area (Å²) in [5.41, 5.74) is 2.13. The van der Waals surface area contributed by atoms with E-state index in [0.717, 1.165) is 22.6 Å². The number of carboxylic acids is 1. The first-order valence-electron chi connectivity index (χ1n) is 6.78. The summed E-state index contributed by atoms with van der Waals surface area (Å²) in [5.74, 6) is 0.763. The summed E-state index contributed by atoms with van der Waals surface area (Å²) < 4.78 is 10.7. The molecule has 0 aliphatic carbocycles. The maximum atomic E-state index is 10.4. The maximum Gasteiger partial charge on any atom is 0.303 e. The van der Waals surface area contributed by atoms with Crippen LogP contribution in [-0.4, -0.2) is 24.8 Å². The van der Waals surface area contributed by atoms with E-state index in [0.29, 0.717) is 13.0 Å². The summed E-state index contributed by atoms with van der Waals surface area (Å²) in [6.07, 6.45) is 0.625. The van der Waals surface area contributed by atoms with Gasteiger partial charge in [0.25, 0.3) is 0 Å². The Balaban J connectivity index is 2.01.